The molecule has 6 nitrogen and oxygen atoms in total. The summed E-state index contributed by atoms with van der Waals surface area (Å²) in [6, 6.07) is 1.25. The molecule has 0 unspecified atom stereocenters. The first-order chi connectivity index (χ1) is 9.29. The Bertz CT molecular complexity index is 517. The molecule has 2 amide bonds. The molecule has 0 radical (unpaired) electrons. The van der Waals surface area contributed by atoms with Gasteiger partial charge in [-0.2, -0.15) is 0 Å². The lowest BCUT2D eigenvalue weighted by Gasteiger charge is -2.22. The van der Waals surface area contributed by atoms with E-state index < -0.39 is 23.2 Å². The van der Waals surface area contributed by atoms with Crippen LogP contribution in [-0.4, -0.2) is 28.9 Å². The summed E-state index contributed by atoms with van der Waals surface area (Å²) in [4.78, 5) is 27.0. The maximum absolute atomic E-state index is 14.1. The van der Waals surface area contributed by atoms with E-state index in [1.165, 1.54) is 26.1 Å². The van der Waals surface area contributed by atoms with Gasteiger partial charge in [-0.05, 0) is 26.3 Å². The fourth-order valence-electron chi connectivity index (χ4n) is 1.40. The van der Waals surface area contributed by atoms with Crippen LogP contribution in [0.2, 0.25) is 0 Å². The molecule has 1 heterocycles. The van der Waals surface area contributed by atoms with Gasteiger partial charge in [0.1, 0.15) is 5.54 Å². The third kappa shape index (κ3) is 3.66. The molecule has 0 aliphatic carbocycles. The van der Waals surface area contributed by atoms with Crippen LogP contribution in [0, 0.1) is 5.82 Å². The van der Waals surface area contributed by atoms with Crippen molar-refractivity contribution in [3.05, 3.63) is 23.6 Å². The zero-order chi connectivity index (χ0) is 15.3. The van der Waals surface area contributed by atoms with Gasteiger partial charge in [0.05, 0.1) is 5.56 Å². The zero-order valence-electron chi connectivity index (χ0n) is 11.8. The second-order valence-corrected chi connectivity index (χ2v) is 4.89. The van der Waals surface area contributed by atoms with Gasteiger partial charge < -0.3 is 16.4 Å². The summed E-state index contributed by atoms with van der Waals surface area (Å²) in [6.45, 7) is 5.36. The molecule has 0 saturated heterocycles. The van der Waals surface area contributed by atoms with Gasteiger partial charge in [-0.1, -0.05) is 6.92 Å². The van der Waals surface area contributed by atoms with E-state index in [0.717, 1.165) is 6.42 Å². The van der Waals surface area contributed by atoms with E-state index >= 15 is 0 Å². The summed E-state index contributed by atoms with van der Waals surface area (Å²) >= 11 is 0. The van der Waals surface area contributed by atoms with Gasteiger partial charge in [0.25, 0.3) is 5.91 Å². The third-order valence-corrected chi connectivity index (χ3v) is 2.72. The minimum absolute atomic E-state index is 0.0105. The highest BCUT2D eigenvalue weighted by Crippen LogP contribution is 2.16. The predicted octanol–water partition coefficient (Wildman–Crippen LogP) is 1.04. The van der Waals surface area contributed by atoms with Gasteiger partial charge in [0, 0.05) is 12.7 Å². The number of nitrogens with zero attached hydrogens (tertiary/aromatic N) is 1. The molecule has 20 heavy (non-hydrogen) atoms. The normalized spacial score (nSPS) is 11.0. The number of aromatic nitrogens is 1. The molecule has 0 aliphatic heterocycles. The van der Waals surface area contributed by atoms with Crippen LogP contribution in [0.4, 0.5) is 10.2 Å². The number of anilines is 1. The molecule has 0 atom stereocenters. The average molecular weight is 282 g/mol. The van der Waals surface area contributed by atoms with Crippen LogP contribution in [0.1, 0.15) is 37.6 Å². The molecule has 0 saturated carbocycles. The largest absolute Gasteiger partial charge is 0.368 e. The number of amides is 2. The summed E-state index contributed by atoms with van der Waals surface area (Å²) in [5.41, 5.74) is 3.71. The number of halogens is 1. The minimum Gasteiger partial charge on any atom is -0.368 e. The monoisotopic (exact) mass is 282 g/mol. The highest BCUT2D eigenvalue weighted by molar-refractivity contribution is 5.99. The quantitative estimate of drug-likeness (QED) is 0.726. The van der Waals surface area contributed by atoms with Crippen molar-refractivity contribution < 1.29 is 14.0 Å². The van der Waals surface area contributed by atoms with Crippen molar-refractivity contribution in [2.75, 3.05) is 11.9 Å². The minimum atomic E-state index is -1.26. The maximum Gasteiger partial charge on any atom is 0.255 e. The second-order valence-electron chi connectivity index (χ2n) is 4.89. The molecular weight excluding hydrogens is 263 g/mol. The van der Waals surface area contributed by atoms with Crippen molar-refractivity contribution in [3.8, 4) is 0 Å². The molecule has 0 bridgehead atoms. The number of primary amides is 1. The molecular formula is C13H19FN4O2. The first-order valence-corrected chi connectivity index (χ1v) is 6.30. The van der Waals surface area contributed by atoms with Crippen molar-refractivity contribution in [1.29, 1.82) is 0 Å². The highest BCUT2D eigenvalue weighted by atomic mass is 19.1. The lowest BCUT2D eigenvalue weighted by atomic mass is 10.0. The van der Waals surface area contributed by atoms with Crippen LogP contribution in [0.5, 0.6) is 0 Å². The van der Waals surface area contributed by atoms with Crippen LogP contribution >= 0.6 is 0 Å². The van der Waals surface area contributed by atoms with Crippen molar-refractivity contribution in [3.63, 3.8) is 0 Å². The molecule has 0 fully saturated rings. The molecule has 0 aromatic carbocycles. The summed E-state index contributed by atoms with van der Waals surface area (Å²) in [7, 11) is 0. The molecule has 110 valence electrons. The lowest BCUT2D eigenvalue weighted by Crippen LogP contribution is -2.53. The highest BCUT2D eigenvalue weighted by Gasteiger charge is 2.28. The average Bonchev–Trinajstić information content (AvgIpc) is 2.36. The Morgan fingerprint density at radius 1 is 1.45 bits per heavy atom. The number of pyridine rings is 1. The fourth-order valence-corrected chi connectivity index (χ4v) is 1.40. The Kier molecular flexibility index (Phi) is 5.01. The Balaban J connectivity index is 2.96. The smallest absolute Gasteiger partial charge is 0.255 e. The molecule has 1 aromatic rings. The molecule has 0 spiro atoms. The third-order valence-electron chi connectivity index (χ3n) is 2.72. The van der Waals surface area contributed by atoms with Crippen LogP contribution in [-0.2, 0) is 4.79 Å². The number of nitrogens with two attached hydrogens (primary N) is 1. The number of nitrogens with one attached hydrogen (secondary N) is 2. The predicted molar refractivity (Wildman–Crippen MR) is 73.7 cm³/mol. The summed E-state index contributed by atoms with van der Waals surface area (Å²) in [5.74, 6) is -2.16. The Labute approximate surface area is 116 Å². The number of carbonyl (C=O) groups is 2. The second kappa shape index (κ2) is 6.31. The summed E-state index contributed by atoms with van der Waals surface area (Å²) < 4.78 is 14.1. The first-order valence-electron chi connectivity index (χ1n) is 6.30. The van der Waals surface area contributed by atoms with Crippen LogP contribution in [0.3, 0.4) is 0 Å². The van der Waals surface area contributed by atoms with Crippen molar-refractivity contribution in [1.82, 2.24) is 10.3 Å². The molecule has 1 aromatic heterocycles. The van der Waals surface area contributed by atoms with E-state index in [1.54, 1.807) is 0 Å². The Morgan fingerprint density at radius 3 is 2.65 bits per heavy atom. The van der Waals surface area contributed by atoms with Crippen molar-refractivity contribution in [2.24, 2.45) is 5.73 Å². The van der Waals surface area contributed by atoms with Crippen molar-refractivity contribution >= 4 is 17.6 Å². The van der Waals surface area contributed by atoms with E-state index in [-0.39, 0.29) is 11.4 Å². The topological polar surface area (TPSA) is 97.1 Å². The molecule has 0 aliphatic rings. The number of carbonyl (C=O) groups excluding carboxylic acids is 2. The van der Waals surface area contributed by atoms with Gasteiger partial charge in [-0.25, -0.2) is 9.37 Å². The van der Waals surface area contributed by atoms with Crippen LogP contribution in [0.25, 0.3) is 0 Å². The first kappa shape index (κ1) is 15.9. The SMILES string of the molecule is CCCNc1nccc(C(=O)NC(C)(C)C(N)=O)c1F. The van der Waals surface area contributed by atoms with Gasteiger partial charge in [-0.15, -0.1) is 0 Å². The van der Waals surface area contributed by atoms with Gasteiger partial charge >= 0.3 is 0 Å². The number of rotatable bonds is 6. The maximum atomic E-state index is 14.1. The zero-order valence-corrected chi connectivity index (χ0v) is 11.8. The van der Waals surface area contributed by atoms with Gasteiger partial charge in [-0.3, -0.25) is 9.59 Å². The molecule has 7 heteroatoms. The summed E-state index contributed by atoms with van der Waals surface area (Å²) in [5, 5.41) is 5.17. The van der Waals surface area contributed by atoms with E-state index in [0.29, 0.717) is 6.54 Å². The number of hydrogen-bond donors (Lipinski definition) is 3. The molecule has 4 N–H and O–H groups in total. The number of hydrogen-bond acceptors (Lipinski definition) is 4. The van der Waals surface area contributed by atoms with Gasteiger partial charge in [0.15, 0.2) is 11.6 Å². The molecule has 1 rings (SSSR count). The summed E-state index contributed by atoms with van der Waals surface area (Å²) in [6.07, 6.45) is 2.12. The van der Waals surface area contributed by atoms with E-state index in [9.17, 15) is 14.0 Å². The van der Waals surface area contributed by atoms with E-state index in [2.05, 4.69) is 15.6 Å². The van der Waals surface area contributed by atoms with Crippen molar-refractivity contribution in [2.45, 2.75) is 32.7 Å². The Hall–Kier alpha value is -2.18. The van der Waals surface area contributed by atoms with Gasteiger partial charge in [0.2, 0.25) is 5.91 Å². The fraction of sp³-hybridized carbons (Fsp3) is 0.462. The van der Waals surface area contributed by atoms with E-state index in [1.807, 2.05) is 6.92 Å². The Morgan fingerprint density at radius 2 is 2.10 bits per heavy atom. The lowest BCUT2D eigenvalue weighted by molar-refractivity contribution is -0.122. The standard InChI is InChI=1S/C13H19FN4O2/c1-4-6-16-10-9(14)8(5-7-17-10)11(19)18-13(2,3)12(15)20/h5,7H,4,6H2,1-3H3,(H2,15,20)(H,16,17)(H,18,19). The van der Waals surface area contributed by atoms with Crippen LogP contribution in [0.15, 0.2) is 12.3 Å². The van der Waals surface area contributed by atoms with Crippen LogP contribution < -0.4 is 16.4 Å². The van der Waals surface area contributed by atoms with E-state index in [4.69, 9.17) is 5.73 Å².